The molecule has 0 spiro atoms. The largest absolute Gasteiger partial charge is 0.497 e. The number of rotatable bonds is 4. The molecular weight excluding hydrogens is 336 g/mol. The average molecular weight is 354 g/mol. The molecule has 3 rings (SSSR count). The number of esters is 2. The lowest BCUT2D eigenvalue weighted by molar-refractivity contribution is -0.148. The van der Waals surface area contributed by atoms with Crippen LogP contribution in [0.15, 0.2) is 54.6 Å². The van der Waals surface area contributed by atoms with Gasteiger partial charge in [-0.05, 0) is 43.3 Å². The minimum atomic E-state index is -1.31. The van der Waals surface area contributed by atoms with E-state index in [0.717, 1.165) is 0 Å². The van der Waals surface area contributed by atoms with Gasteiger partial charge >= 0.3 is 11.9 Å². The van der Waals surface area contributed by atoms with E-state index < -0.39 is 17.7 Å². The maximum atomic E-state index is 12.6. The standard InChI is InChI=1S/C20H18O6/c1-12(2)18(21)24-15-6-5-7-16-17(15)19(22)26-20(3,25-16)13-8-10-14(23-4)11-9-13/h5-11H,1H2,2-4H3. The van der Waals surface area contributed by atoms with E-state index in [1.165, 1.54) is 13.0 Å². The first-order valence-electron chi connectivity index (χ1n) is 7.91. The number of hydrogen-bond acceptors (Lipinski definition) is 6. The number of fused-ring (bicyclic) bond motifs is 1. The highest BCUT2D eigenvalue weighted by Gasteiger charge is 2.41. The second kappa shape index (κ2) is 6.55. The molecule has 0 aromatic heterocycles. The number of methoxy groups -OCH3 is 1. The van der Waals surface area contributed by atoms with Crippen LogP contribution in [-0.2, 0) is 15.3 Å². The van der Waals surface area contributed by atoms with E-state index in [4.69, 9.17) is 18.9 Å². The summed E-state index contributed by atoms with van der Waals surface area (Å²) < 4.78 is 21.8. The Balaban J connectivity index is 1.96. The minimum Gasteiger partial charge on any atom is -0.497 e. The van der Waals surface area contributed by atoms with Crippen molar-refractivity contribution in [2.24, 2.45) is 0 Å². The first-order valence-corrected chi connectivity index (χ1v) is 7.91. The fraction of sp³-hybridized carbons (Fsp3) is 0.200. The molecule has 1 heterocycles. The van der Waals surface area contributed by atoms with Gasteiger partial charge in [-0.2, -0.15) is 0 Å². The van der Waals surface area contributed by atoms with Gasteiger partial charge in [0.1, 0.15) is 22.8 Å². The fourth-order valence-electron chi connectivity index (χ4n) is 2.54. The van der Waals surface area contributed by atoms with Crippen LogP contribution in [-0.4, -0.2) is 19.0 Å². The highest BCUT2D eigenvalue weighted by molar-refractivity contribution is 5.98. The van der Waals surface area contributed by atoms with Crippen LogP contribution in [0.3, 0.4) is 0 Å². The van der Waals surface area contributed by atoms with Crippen molar-refractivity contribution in [1.82, 2.24) is 0 Å². The number of hydrogen-bond donors (Lipinski definition) is 0. The van der Waals surface area contributed by atoms with Crippen LogP contribution in [0.1, 0.15) is 29.8 Å². The first-order chi connectivity index (χ1) is 12.3. The molecule has 2 aromatic carbocycles. The fourth-order valence-corrected chi connectivity index (χ4v) is 2.54. The Labute approximate surface area is 150 Å². The molecule has 0 aliphatic carbocycles. The molecule has 0 amide bonds. The van der Waals surface area contributed by atoms with Crippen molar-refractivity contribution in [1.29, 1.82) is 0 Å². The summed E-state index contributed by atoms with van der Waals surface area (Å²) in [6, 6.07) is 11.8. The molecule has 1 atom stereocenters. The molecule has 0 N–H and O–H groups in total. The quantitative estimate of drug-likeness (QED) is 0.475. The van der Waals surface area contributed by atoms with Gasteiger partial charge in [-0.1, -0.05) is 12.6 Å². The number of ether oxygens (including phenoxy) is 4. The lowest BCUT2D eigenvalue weighted by Crippen LogP contribution is -2.39. The number of benzene rings is 2. The highest BCUT2D eigenvalue weighted by Crippen LogP contribution is 2.41. The molecule has 0 saturated heterocycles. The number of carbonyl (C=O) groups excluding carboxylic acids is 2. The summed E-state index contributed by atoms with van der Waals surface area (Å²) in [4.78, 5) is 24.4. The third kappa shape index (κ3) is 3.13. The molecular formula is C20H18O6. The van der Waals surface area contributed by atoms with Crippen molar-refractivity contribution in [2.45, 2.75) is 19.6 Å². The third-order valence-corrected chi connectivity index (χ3v) is 3.95. The SMILES string of the molecule is C=C(C)C(=O)Oc1cccc2c1C(=O)OC(C)(c1ccc(OC)cc1)O2. The summed E-state index contributed by atoms with van der Waals surface area (Å²) in [5.41, 5.74) is 0.922. The topological polar surface area (TPSA) is 71.1 Å². The van der Waals surface area contributed by atoms with Gasteiger partial charge in [-0.25, -0.2) is 9.59 Å². The van der Waals surface area contributed by atoms with Crippen LogP contribution in [0.2, 0.25) is 0 Å². The van der Waals surface area contributed by atoms with Crippen LogP contribution in [0.4, 0.5) is 0 Å². The number of carbonyl (C=O) groups is 2. The van der Waals surface area contributed by atoms with Crippen LogP contribution in [0, 0.1) is 0 Å². The van der Waals surface area contributed by atoms with Crippen LogP contribution in [0.25, 0.3) is 0 Å². The Hall–Kier alpha value is -3.28. The van der Waals surface area contributed by atoms with Crippen molar-refractivity contribution < 1.29 is 28.5 Å². The van der Waals surface area contributed by atoms with E-state index in [-0.39, 0.29) is 22.6 Å². The summed E-state index contributed by atoms with van der Waals surface area (Å²) in [6.07, 6.45) is 0. The molecule has 0 bridgehead atoms. The molecule has 1 unspecified atom stereocenters. The molecule has 1 aliphatic heterocycles. The molecule has 0 radical (unpaired) electrons. The van der Waals surface area contributed by atoms with Gasteiger partial charge in [0.15, 0.2) is 0 Å². The Morgan fingerprint density at radius 3 is 2.42 bits per heavy atom. The summed E-state index contributed by atoms with van der Waals surface area (Å²) in [5.74, 6) is -1.57. The minimum absolute atomic E-state index is 0.0630. The van der Waals surface area contributed by atoms with Gasteiger partial charge in [0.05, 0.1) is 7.11 Å². The second-order valence-electron chi connectivity index (χ2n) is 5.96. The smallest absolute Gasteiger partial charge is 0.349 e. The normalized spacial score (nSPS) is 18.2. The van der Waals surface area contributed by atoms with Crippen LogP contribution < -0.4 is 14.2 Å². The first kappa shape index (κ1) is 17.5. The highest BCUT2D eigenvalue weighted by atomic mass is 16.7. The molecule has 6 heteroatoms. The van der Waals surface area contributed by atoms with Gasteiger partial charge in [0.25, 0.3) is 5.79 Å². The summed E-state index contributed by atoms with van der Waals surface area (Å²) in [6.45, 7) is 6.69. The van der Waals surface area contributed by atoms with Gasteiger partial charge in [0, 0.05) is 18.1 Å². The zero-order chi connectivity index (χ0) is 18.9. The van der Waals surface area contributed by atoms with E-state index in [0.29, 0.717) is 11.3 Å². The maximum Gasteiger partial charge on any atom is 0.349 e. The Morgan fingerprint density at radius 2 is 1.81 bits per heavy atom. The van der Waals surface area contributed by atoms with E-state index in [1.807, 2.05) is 0 Å². The van der Waals surface area contributed by atoms with Gasteiger partial charge in [-0.3, -0.25) is 0 Å². The third-order valence-electron chi connectivity index (χ3n) is 3.95. The molecule has 26 heavy (non-hydrogen) atoms. The second-order valence-corrected chi connectivity index (χ2v) is 5.96. The Morgan fingerprint density at radius 1 is 1.12 bits per heavy atom. The van der Waals surface area contributed by atoms with Gasteiger partial charge in [-0.15, -0.1) is 0 Å². The van der Waals surface area contributed by atoms with E-state index in [2.05, 4.69) is 6.58 Å². The number of cyclic esters (lactones) is 1. The molecule has 0 fully saturated rings. The monoisotopic (exact) mass is 354 g/mol. The van der Waals surface area contributed by atoms with Crippen LogP contribution >= 0.6 is 0 Å². The predicted octanol–water partition coefficient (Wildman–Crippen LogP) is 3.60. The lowest BCUT2D eigenvalue weighted by Gasteiger charge is -2.35. The van der Waals surface area contributed by atoms with Gasteiger partial charge in [0.2, 0.25) is 0 Å². The van der Waals surface area contributed by atoms with Crippen LogP contribution in [0.5, 0.6) is 17.2 Å². The molecule has 134 valence electrons. The van der Waals surface area contributed by atoms with Crippen molar-refractivity contribution in [2.75, 3.05) is 7.11 Å². The van der Waals surface area contributed by atoms with Crippen molar-refractivity contribution in [3.63, 3.8) is 0 Å². The zero-order valence-electron chi connectivity index (χ0n) is 14.7. The summed E-state index contributed by atoms with van der Waals surface area (Å²) in [5, 5.41) is 0. The summed E-state index contributed by atoms with van der Waals surface area (Å²) in [7, 11) is 1.57. The Bertz CT molecular complexity index is 884. The summed E-state index contributed by atoms with van der Waals surface area (Å²) >= 11 is 0. The molecule has 1 aliphatic rings. The predicted molar refractivity (Wildman–Crippen MR) is 93.3 cm³/mol. The van der Waals surface area contributed by atoms with Gasteiger partial charge < -0.3 is 18.9 Å². The van der Waals surface area contributed by atoms with Crippen molar-refractivity contribution in [3.05, 3.63) is 65.7 Å². The Kier molecular flexibility index (Phi) is 4.42. The van der Waals surface area contributed by atoms with E-state index >= 15 is 0 Å². The van der Waals surface area contributed by atoms with E-state index in [9.17, 15) is 9.59 Å². The molecule has 0 saturated carbocycles. The average Bonchev–Trinajstić information content (AvgIpc) is 2.61. The van der Waals surface area contributed by atoms with E-state index in [1.54, 1.807) is 50.4 Å². The van der Waals surface area contributed by atoms with Crippen molar-refractivity contribution >= 4 is 11.9 Å². The zero-order valence-corrected chi connectivity index (χ0v) is 14.7. The van der Waals surface area contributed by atoms with Crippen molar-refractivity contribution in [3.8, 4) is 17.2 Å². The molecule has 2 aromatic rings. The lowest BCUT2D eigenvalue weighted by atomic mass is 10.0. The maximum absolute atomic E-state index is 12.6. The molecule has 6 nitrogen and oxygen atoms in total.